The highest BCUT2D eigenvalue weighted by atomic mass is 19.1. The topological polar surface area (TPSA) is 81.0 Å². The van der Waals surface area contributed by atoms with E-state index in [1.807, 2.05) is 38.5 Å². The maximum atomic E-state index is 14.0. The summed E-state index contributed by atoms with van der Waals surface area (Å²) < 4.78 is 40.9. The lowest BCUT2D eigenvalue weighted by atomic mass is 10.0. The molecule has 0 saturated carbocycles. The molecule has 38 heavy (non-hydrogen) atoms. The van der Waals surface area contributed by atoms with Crippen molar-refractivity contribution in [1.82, 2.24) is 9.47 Å². The Kier molecular flexibility index (Phi) is 7.76. The lowest BCUT2D eigenvalue weighted by Gasteiger charge is -2.35. The molecule has 1 fully saturated rings. The first-order chi connectivity index (χ1) is 18.0. The number of hydrogen-bond donors (Lipinski definition) is 1. The quantitative estimate of drug-likeness (QED) is 0.372. The number of amides is 1. The summed E-state index contributed by atoms with van der Waals surface area (Å²) in [6.07, 6.45) is 3.48. The lowest BCUT2D eigenvalue weighted by molar-refractivity contribution is 0.0171. The van der Waals surface area contributed by atoms with E-state index in [9.17, 15) is 23.5 Å². The molecule has 3 aromatic rings. The Morgan fingerprint density at radius 1 is 1.08 bits per heavy atom. The Balaban J connectivity index is 1.64. The Morgan fingerprint density at radius 2 is 1.74 bits per heavy atom. The molecule has 1 saturated heterocycles. The fraction of sp³-hybridized carbons (Fsp3) is 0.379. The van der Waals surface area contributed by atoms with Gasteiger partial charge < -0.3 is 24.0 Å². The Morgan fingerprint density at radius 3 is 2.32 bits per heavy atom. The summed E-state index contributed by atoms with van der Waals surface area (Å²) in [5, 5.41) is 10.1. The Bertz CT molecular complexity index is 1310. The normalized spacial score (nSPS) is 15.8. The minimum Gasteiger partial charge on any atom is -0.478 e. The smallest absolute Gasteiger partial charge is 0.410 e. The van der Waals surface area contributed by atoms with Gasteiger partial charge in [-0.3, -0.25) is 0 Å². The van der Waals surface area contributed by atoms with Crippen LogP contribution in [0.25, 0.3) is 11.1 Å². The van der Waals surface area contributed by atoms with Gasteiger partial charge in [0.2, 0.25) is 0 Å². The number of ether oxygens (including phenoxy) is 2. The van der Waals surface area contributed by atoms with E-state index in [1.165, 1.54) is 6.07 Å². The van der Waals surface area contributed by atoms with Gasteiger partial charge in [0.05, 0.1) is 11.6 Å². The zero-order chi connectivity index (χ0) is 27.6. The number of para-hydroxylation sites is 1. The molecule has 7 nitrogen and oxygen atoms in total. The number of carboxylic acids is 1. The van der Waals surface area contributed by atoms with Crippen molar-refractivity contribution in [1.29, 1.82) is 0 Å². The second kappa shape index (κ2) is 10.8. The first-order valence-electron chi connectivity index (χ1n) is 12.7. The number of rotatable bonds is 6. The van der Waals surface area contributed by atoms with Crippen molar-refractivity contribution >= 4 is 12.1 Å². The zero-order valence-electron chi connectivity index (χ0n) is 22.0. The van der Waals surface area contributed by atoms with Crippen LogP contribution in [-0.2, 0) is 11.2 Å². The van der Waals surface area contributed by atoms with Gasteiger partial charge in [0.25, 0.3) is 0 Å². The van der Waals surface area contributed by atoms with E-state index >= 15 is 0 Å². The molecule has 0 bridgehead atoms. The molecule has 0 radical (unpaired) electrons. The van der Waals surface area contributed by atoms with Crippen LogP contribution in [0.15, 0.2) is 48.7 Å². The number of nitrogens with zero attached hydrogens (tertiary/aromatic N) is 2. The molecule has 2 aromatic carbocycles. The standard InChI is InChI=1S/C29H32F2N2O5/c1-5-24-25(27(34)35)21(17-33(24)19-8-7-15-32(16-19)28(36)38-29(2,3)4)18-11-13-20(14-12-18)37-26-22(30)9-6-10-23(26)31/h6,9-14,17,19H,5,7-8,15-16H2,1-4H3,(H,34,35)/t19-/m1/s1. The predicted octanol–water partition coefficient (Wildman–Crippen LogP) is 7.06. The van der Waals surface area contributed by atoms with E-state index in [1.54, 1.807) is 29.2 Å². The number of piperidine rings is 1. The summed E-state index contributed by atoms with van der Waals surface area (Å²) in [6.45, 7) is 8.36. The maximum absolute atomic E-state index is 14.0. The second-order valence-corrected chi connectivity index (χ2v) is 10.3. The average molecular weight is 527 g/mol. The highest BCUT2D eigenvalue weighted by Gasteiger charge is 2.31. The van der Waals surface area contributed by atoms with Crippen LogP contribution in [0.3, 0.4) is 0 Å². The molecule has 202 valence electrons. The van der Waals surface area contributed by atoms with E-state index < -0.39 is 29.0 Å². The summed E-state index contributed by atoms with van der Waals surface area (Å²) >= 11 is 0. The van der Waals surface area contributed by atoms with Crippen LogP contribution in [0.5, 0.6) is 11.5 Å². The number of carbonyl (C=O) groups is 2. The van der Waals surface area contributed by atoms with Crippen LogP contribution < -0.4 is 4.74 Å². The third-order valence-corrected chi connectivity index (χ3v) is 6.43. The Labute approximate surface area is 220 Å². The largest absolute Gasteiger partial charge is 0.478 e. The van der Waals surface area contributed by atoms with E-state index in [0.29, 0.717) is 36.3 Å². The van der Waals surface area contributed by atoms with Gasteiger partial charge in [-0.2, -0.15) is 0 Å². The summed E-state index contributed by atoms with van der Waals surface area (Å²) in [7, 11) is 0. The van der Waals surface area contributed by atoms with Gasteiger partial charge in [0.1, 0.15) is 11.4 Å². The third kappa shape index (κ3) is 5.82. The molecule has 0 aliphatic carbocycles. The first kappa shape index (κ1) is 27.2. The summed E-state index contributed by atoms with van der Waals surface area (Å²) in [6, 6.07) is 9.77. The van der Waals surface area contributed by atoms with Crippen molar-refractivity contribution in [2.75, 3.05) is 13.1 Å². The number of carbonyl (C=O) groups excluding carboxylic acids is 1. The molecule has 1 N–H and O–H groups in total. The highest BCUT2D eigenvalue weighted by Crippen LogP contribution is 2.35. The fourth-order valence-corrected chi connectivity index (χ4v) is 4.78. The van der Waals surface area contributed by atoms with Gasteiger partial charge in [-0.1, -0.05) is 25.1 Å². The second-order valence-electron chi connectivity index (χ2n) is 10.3. The van der Waals surface area contributed by atoms with Gasteiger partial charge in [-0.05, 0) is 69.9 Å². The van der Waals surface area contributed by atoms with Gasteiger partial charge in [-0.15, -0.1) is 0 Å². The molecule has 1 amide bonds. The van der Waals surface area contributed by atoms with E-state index in [4.69, 9.17) is 9.47 Å². The van der Waals surface area contributed by atoms with Crippen LogP contribution in [0, 0.1) is 11.6 Å². The minimum atomic E-state index is -1.05. The van der Waals surface area contributed by atoms with Gasteiger partial charge in [0, 0.05) is 30.5 Å². The summed E-state index contributed by atoms with van der Waals surface area (Å²) in [5.41, 5.74) is 1.39. The molecule has 9 heteroatoms. The summed E-state index contributed by atoms with van der Waals surface area (Å²) in [5.74, 6) is -2.98. The lowest BCUT2D eigenvalue weighted by Crippen LogP contribution is -2.43. The minimum absolute atomic E-state index is 0.107. The number of aromatic carboxylic acids is 1. The number of aromatic nitrogens is 1. The van der Waals surface area contributed by atoms with Crippen molar-refractivity contribution < 1.29 is 33.0 Å². The molecule has 1 atom stereocenters. The zero-order valence-corrected chi connectivity index (χ0v) is 22.0. The van der Waals surface area contributed by atoms with Crippen molar-refractivity contribution in [2.45, 2.75) is 58.6 Å². The summed E-state index contributed by atoms with van der Waals surface area (Å²) in [4.78, 5) is 26.7. The van der Waals surface area contributed by atoms with E-state index in [0.717, 1.165) is 25.0 Å². The van der Waals surface area contributed by atoms with Crippen LogP contribution in [0.4, 0.5) is 13.6 Å². The van der Waals surface area contributed by atoms with Crippen LogP contribution in [0.2, 0.25) is 0 Å². The number of benzene rings is 2. The highest BCUT2D eigenvalue weighted by molar-refractivity contribution is 5.97. The molecular formula is C29H32F2N2O5. The van der Waals surface area contributed by atoms with Crippen LogP contribution in [-0.4, -0.2) is 45.3 Å². The SMILES string of the molecule is CCc1c(C(=O)O)c(-c2ccc(Oc3c(F)cccc3F)cc2)cn1[C@@H]1CCCN(C(=O)OC(C)(C)C)C1. The fourth-order valence-electron chi connectivity index (χ4n) is 4.78. The average Bonchev–Trinajstić information content (AvgIpc) is 3.26. The number of hydrogen-bond acceptors (Lipinski definition) is 4. The van der Waals surface area contributed by atoms with Gasteiger partial charge in [-0.25, -0.2) is 18.4 Å². The maximum Gasteiger partial charge on any atom is 0.410 e. The number of carboxylic acid groups (broad SMARTS) is 1. The van der Waals surface area contributed by atoms with Gasteiger partial charge >= 0.3 is 12.1 Å². The number of likely N-dealkylation sites (tertiary alicyclic amines) is 1. The van der Waals surface area contributed by atoms with Crippen molar-refractivity contribution in [3.8, 4) is 22.6 Å². The van der Waals surface area contributed by atoms with Crippen molar-refractivity contribution in [3.05, 3.63) is 71.6 Å². The first-order valence-corrected chi connectivity index (χ1v) is 12.7. The molecule has 4 rings (SSSR count). The van der Waals surface area contributed by atoms with Crippen LogP contribution >= 0.6 is 0 Å². The molecule has 1 aromatic heterocycles. The molecule has 1 aliphatic heterocycles. The predicted molar refractivity (Wildman–Crippen MR) is 139 cm³/mol. The van der Waals surface area contributed by atoms with Crippen molar-refractivity contribution in [2.24, 2.45) is 0 Å². The van der Waals surface area contributed by atoms with Gasteiger partial charge in [0.15, 0.2) is 17.4 Å². The molecular weight excluding hydrogens is 494 g/mol. The van der Waals surface area contributed by atoms with E-state index in [2.05, 4.69) is 0 Å². The van der Waals surface area contributed by atoms with Crippen LogP contribution in [0.1, 0.15) is 62.6 Å². The molecule has 1 aliphatic rings. The third-order valence-electron chi connectivity index (χ3n) is 6.43. The molecule has 2 heterocycles. The molecule has 0 unspecified atom stereocenters. The molecule has 0 spiro atoms. The number of halogens is 2. The van der Waals surface area contributed by atoms with Crippen molar-refractivity contribution in [3.63, 3.8) is 0 Å². The Hall–Kier alpha value is -3.88. The monoisotopic (exact) mass is 526 g/mol. The van der Waals surface area contributed by atoms with E-state index in [-0.39, 0.29) is 23.4 Å².